The lowest BCUT2D eigenvalue weighted by Crippen LogP contribution is -1.53. The molecule has 1 aromatic heterocycles. The Kier molecular flexibility index (Phi) is 19.2. The van der Waals surface area contributed by atoms with Gasteiger partial charge in [-0.05, 0) is 0 Å². The van der Waals surface area contributed by atoms with Gasteiger partial charge in [0.2, 0.25) is 12.8 Å². The zero-order chi connectivity index (χ0) is 7.54. The van der Waals surface area contributed by atoms with Crippen molar-refractivity contribution < 1.29 is 4.42 Å². The number of rotatable bonds is 0. The van der Waals surface area contributed by atoms with E-state index in [0.717, 1.165) is 0 Å². The van der Waals surface area contributed by atoms with Gasteiger partial charge in [0, 0.05) is 0 Å². The normalized spacial score (nSPS) is 5.78. The van der Waals surface area contributed by atoms with Gasteiger partial charge < -0.3 is 4.42 Å². The average Bonchev–Trinajstić information content (AvgIpc) is 2.51. The van der Waals surface area contributed by atoms with Gasteiger partial charge in [0.05, 0.1) is 0 Å². The second-order valence-electron chi connectivity index (χ2n) is 0.578. The lowest BCUT2D eigenvalue weighted by molar-refractivity contribution is 0.553. The van der Waals surface area contributed by atoms with Crippen LogP contribution in [0.3, 0.4) is 0 Å². The van der Waals surface area contributed by atoms with Crippen LogP contribution in [-0.2, 0) is 0 Å². The average molecular weight is 130 g/mol. The molecule has 0 amide bonds. The number of nitrogens with zero attached hydrogens (tertiary/aromatic N) is 2. The van der Waals surface area contributed by atoms with Gasteiger partial charge in [-0.3, -0.25) is 0 Å². The third-order valence-electron chi connectivity index (χ3n) is 0.283. The van der Waals surface area contributed by atoms with Crippen LogP contribution in [0.25, 0.3) is 0 Å². The third-order valence-corrected chi connectivity index (χ3v) is 0.283. The summed E-state index contributed by atoms with van der Waals surface area (Å²) in [5, 5.41) is 6.61. The first-order valence-electron chi connectivity index (χ1n) is 3.19. The highest BCUT2D eigenvalue weighted by Gasteiger charge is 1.60. The molecule has 0 aliphatic heterocycles. The maximum absolute atomic E-state index is 4.36. The molecule has 1 rings (SSSR count). The summed E-state index contributed by atoms with van der Waals surface area (Å²) in [7, 11) is 0. The second-order valence-corrected chi connectivity index (χ2v) is 0.578. The number of hydrogen-bond acceptors (Lipinski definition) is 3. The van der Waals surface area contributed by atoms with E-state index >= 15 is 0 Å². The highest BCUT2D eigenvalue weighted by molar-refractivity contribution is 4.29. The van der Waals surface area contributed by atoms with Crippen molar-refractivity contribution in [3.63, 3.8) is 0 Å². The van der Waals surface area contributed by atoms with Crippen molar-refractivity contribution >= 4 is 0 Å². The van der Waals surface area contributed by atoms with Crippen molar-refractivity contribution in [3.8, 4) is 0 Å². The second kappa shape index (κ2) is 15.7. The lowest BCUT2D eigenvalue weighted by Gasteiger charge is -1.44. The molecule has 0 radical (unpaired) electrons. The van der Waals surface area contributed by atoms with E-state index in [1.807, 2.05) is 27.7 Å². The molecule has 0 atom stereocenters. The summed E-state index contributed by atoms with van der Waals surface area (Å²) in [5.41, 5.74) is 0. The highest BCUT2D eigenvalue weighted by atomic mass is 16.3. The molecule has 0 spiro atoms. The topological polar surface area (TPSA) is 38.9 Å². The van der Waals surface area contributed by atoms with Gasteiger partial charge in [-0.1, -0.05) is 27.7 Å². The highest BCUT2D eigenvalue weighted by Crippen LogP contribution is 1.64. The van der Waals surface area contributed by atoms with E-state index in [1.165, 1.54) is 12.8 Å². The van der Waals surface area contributed by atoms with Crippen LogP contribution < -0.4 is 0 Å². The van der Waals surface area contributed by atoms with Gasteiger partial charge in [0.1, 0.15) is 0 Å². The van der Waals surface area contributed by atoms with E-state index in [0.29, 0.717) is 0 Å². The van der Waals surface area contributed by atoms with Crippen molar-refractivity contribution in [2.75, 3.05) is 0 Å². The van der Waals surface area contributed by atoms with Crippen molar-refractivity contribution in [2.24, 2.45) is 0 Å². The molecule has 54 valence electrons. The maximum atomic E-state index is 4.36. The molecule has 0 N–H and O–H groups in total. The van der Waals surface area contributed by atoms with Crippen LogP contribution in [0.15, 0.2) is 17.2 Å². The summed E-state index contributed by atoms with van der Waals surface area (Å²) in [6.07, 6.45) is 2.53. The predicted molar refractivity (Wildman–Crippen MR) is 37.0 cm³/mol. The summed E-state index contributed by atoms with van der Waals surface area (Å²) in [6, 6.07) is 0. The van der Waals surface area contributed by atoms with E-state index in [2.05, 4.69) is 14.6 Å². The van der Waals surface area contributed by atoms with E-state index in [1.54, 1.807) is 0 Å². The first kappa shape index (κ1) is 11.0. The molecular weight excluding hydrogens is 116 g/mol. The Bertz CT molecular complexity index is 67.5. The molecule has 0 aliphatic carbocycles. The smallest absolute Gasteiger partial charge is 0.203 e. The Hall–Kier alpha value is -0.860. The minimum atomic E-state index is 1.26. The van der Waals surface area contributed by atoms with Gasteiger partial charge in [0.15, 0.2) is 0 Å². The molecule has 3 heteroatoms. The Labute approximate surface area is 56.1 Å². The van der Waals surface area contributed by atoms with Crippen LogP contribution in [-0.4, -0.2) is 10.2 Å². The third kappa shape index (κ3) is 11.0. The molecule has 9 heavy (non-hydrogen) atoms. The first-order chi connectivity index (χ1) is 4.50. The summed E-state index contributed by atoms with van der Waals surface area (Å²) in [6.45, 7) is 8.00. The summed E-state index contributed by atoms with van der Waals surface area (Å²) in [4.78, 5) is 0. The van der Waals surface area contributed by atoms with Crippen molar-refractivity contribution in [1.82, 2.24) is 10.2 Å². The van der Waals surface area contributed by atoms with Gasteiger partial charge >= 0.3 is 0 Å². The number of aromatic nitrogens is 2. The molecule has 0 aromatic carbocycles. The van der Waals surface area contributed by atoms with E-state index < -0.39 is 0 Å². The van der Waals surface area contributed by atoms with Gasteiger partial charge in [-0.25, -0.2) is 0 Å². The molecule has 0 unspecified atom stereocenters. The van der Waals surface area contributed by atoms with Crippen molar-refractivity contribution in [1.29, 1.82) is 0 Å². The van der Waals surface area contributed by atoms with Gasteiger partial charge in [-0.15, -0.1) is 10.2 Å². The fourth-order valence-corrected chi connectivity index (χ4v) is 0.136. The van der Waals surface area contributed by atoms with Gasteiger partial charge in [0.25, 0.3) is 0 Å². The number of hydrogen-bond donors (Lipinski definition) is 0. The summed E-state index contributed by atoms with van der Waals surface area (Å²) >= 11 is 0. The molecule has 0 saturated heterocycles. The monoisotopic (exact) mass is 130 g/mol. The molecule has 3 nitrogen and oxygen atoms in total. The van der Waals surface area contributed by atoms with Crippen molar-refractivity contribution in [3.05, 3.63) is 12.8 Å². The van der Waals surface area contributed by atoms with Crippen LogP contribution in [0.4, 0.5) is 0 Å². The molecule has 1 aromatic rings. The fraction of sp³-hybridized carbons (Fsp3) is 0.667. The largest absolute Gasteiger partial charge is 0.431 e. The minimum Gasteiger partial charge on any atom is -0.431 e. The van der Waals surface area contributed by atoms with E-state index in [4.69, 9.17) is 0 Å². The van der Waals surface area contributed by atoms with E-state index in [9.17, 15) is 0 Å². The summed E-state index contributed by atoms with van der Waals surface area (Å²) < 4.78 is 4.36. The molecular formula is C6H14N2O. The SMILES string of the molecule is CC.CC.c1nnco1. The summed E-state index contributed by atoms with van der Waals surface area (Å²) in [5.74, 6) is 0. The maximum Gasteiger partial charge on any atom is 0.203 e. The van der Waals surface area contributed by atoms with Crippen molar-refractivity contribution in [2.45, 2.75) is 27.7 Å². The van der Waals surface area contributed by atoms with Crippen LogP contribution in [0.5, 0.6) is 0 Å². The van der Waals surface area contributed by atoms with Crippen LogP contribution in [0, 0.1) is 0 Å². The van der Waals surface area contributed by atoms with Crippen LogP contribution in [0.2, 0.25) is 0 Å². The minimum absolute atomic E-state index is 1.26. The van der Waals surface area contributed by atoms with Gasteiger partial charge in [-0.2, -0.15) is 0 Å². The molecule has 0 saturated carbocycles. The van der Waals surface area contributed by atoms with E-state index in [-0.39, 0.29) is 0 Å². The Balaban J connectivity index is 0. The predicted octanol–water partition coefficient (Wildman–Crippen LogP) is 2.12. The molecule has 0 aliphatic rings. The lowest BCUT2D eigenvalue weighted by atomic mass is 11.0. The zero-order valence-corrected chi connectivity index (χ0v) is 6.46. The molecule has 0 fully saturated rings. The quantitative estimate of drug-likeness (QED) is 0.540. The van der Waals surface area contributed by atoms with Crippen LogP contribution >= 0.6 is 0 Å². The Morgan fingerprint density at radius 2 is 1.22 bits per heavy atom. The zero-order valence-electron chi connectivity index (χ0n) is 6.46. The first-order valence-corrected chi connectivity index (χ1v) is 3.19. The molecule has 0 bridgehead atoms. The fourth-order valence-electron chi connectivity index (χ4n) is 0.136. The Morgan fingerprint density at radius 3 is 1.33 bits per heavy atom. The Morgan fingerprint density at radius 1 is 0.889 bits per heavy atom. The standard InChI is InChI=1S/C2H2N2O.2C2H6/c1-3-4-2-5-1;2*1-2/h1-2H;2*1-2H3. The molecule has 1 heterocycles. The van der Waals surface area contributed by atoms with Crippen LogP contribution in [0.1, 0.15) is 27.7 Å².